The summed E-state index contributed by atoms with van der Waals surface area (Å²) >= 11 is 1.63. The first-order valence-corrected chi connectivity index (χ1v) is 11.0. The van der Waals surface area contributed by atoms with E-state index in [9.17, 15) is 9.59 Å². The Labute approximate surface area is 184 Å². The van der Waals surface area contributed by atoms with Gasteiger partial charge in [-0.25, -0.2) is 4.79 Å². The van der Waals surface area contributed by atoms with Crippen LogP contribution < -0.4 is 10.4 Å². The first-order chi connectivity index (χ1) is 15.1. The molecule has 4 rings (SSSR count). The number of nitrogens with zero attached hydrogens (tertiary/aromatic N) is 3. The minimum Gasteiger partial charge on any atom is -0.496 e. The van der Waals surface area contributed by atoms with Crippen molar-refractivity contribution >= 4 is 28.3 Å². The molecule has 1 amide bonds. The van der Waals surface area contributed by atoms with E-state index in [0.29, 0.717) is 19.6 Å². The van der Waals surface area contributed by atoms with E-state index in [1.165, 1.54) is 0 Å². The monoisotopic (exact) mass is 435 g/mol. The Bertz CT molecular complexity index is 1240. The van der Waals surface area contributed by atoms with Crippen LogP contribution >= 0.6 is 11.3 Å². The lowest BCUT2D eigenvalue weighted by Gasteiger charge is -2.23. The highest BCUT2D eigenvalue weighted by atomic mass is 32.1. The summed E-state index contributed by atoms with van der Waals surface area (Å²) in [5, 5.41) is 2.01. The number of carbonyl (C=O) groups excluding carboxylic acids is 1. The summed E-state index contributed by atoms with van der Waals surface area (Å²) in [7, 11) is 3.39. The maximum Gasteiger partial charge on any atom is 0.328 e. The van der Waals surface area contributed by atoms with Crippen LogP contribution in [0.1, 0.15) is 16.9 Å². The van der Waals surface area contributed by atoms with Gasteiger partial charge in [0.05, 0.1) is 24.7 Å². The van der Waals surface area contributed by atoms with E-state index in [1.807, 2.05) is 70.9 Å². The van der Waals surface area contributed by atoms with Crippen molar-refractivity contribution in [3.8, 4) is 5.75 Å². The molecule has 160 valence electrons. The topological polar surface area (TPSA) is 56.5 Å². The molecule has 0 saturated carbocycles. The van der Waals surface area contributed by atoms with Crippen LogP contribution in [0.2, 0.25) is 0 Å². The van der Waals surface area contributed by atoms with Gasteiger partial charge in [0.25, 0.3) is 0 Å². The summed E-state index contributed by atoms with van der Waals surface area (Å²) in [5.41, 5.74) is 2.56. The quantitative estimate of drug-likeness (QED) is 0.420. The zero-order valence-corrected chi connectivity index (χ0v) is 18.5. The fourth-order valence-corrected chi connectivity index (χ4v) is 4.53. The maximum atomic E-state index is 13.3. The standard InChI is InChI=1S/C24H25N3O3S/c1-25-20-10-4-5-11-21(20)27(24(25)29)14-13-23(28)26(17-19-9-7-15-31-19)16-18-8-3-6-12-22(18)30-2/h3-12,15H,13-14,16-17H2,1-2H3. The number of thiophene rings is 1. The Hall–Kier alpha value is -3.32. The van der Waals surface area contributed by atoms with E-state index in [-0.39, 0.29) is 18.0 Å². The van der Waals surface area contributed by atoms with Crippen molar-refractivity contribution in [1.29, 1.82) is 0 Å². The number of carbonyl (C=O) groups is 1. The Morgan fingerprint density at radius 1 is 1.00 bits per heavy atom. The number of benzene rings is 2. The van der Waals surface area contributed by atoms with Crippen LogP contribution in [0.25, 0.3) is 11.0 Å². The van der Waals surface area contributed by atoms with Gasteiger partial charge in [0.1, 0.15) is 5.75 Å². The summed E-state index contributed by atoms with van der Waals surface area (Å²) in [6.45, 7) is 1.32. The lowest BCUT2D eigenvalue weighted by molar-refractivity contribution is -0.132. The predicted octanol–water partition coefficient (Wildman–Crippen LogP) is 4.03. The van der Waals surface area contributed by atoms with Gasteiger partial charge in [-0.2, -0.15) is 0 Å². The first kappa shape index (κ1) is 20.9. The highest BCUT2D eigenvalue weighted by Crippen LogP contribution is 2.22. The Balaban J connectivity index is 1.56. The number of aryl methyl sites for hydroxylation is 2. The van der Waals surface area contributed by atoms with Gasteiger partial charge in [-0.15, -0.1) is 11.3 Å². The van der Waals surface area contributed by atoms with Crippen LogP contribution in [0.15, 0.2) is 70.8 Å². The molecule has 7 heteroatoms. The van der Waals surface area contributed by atoms with Crippen LogP contribution in [0.3, 0.4) is 0 Å². The highest BCUT2D eigenvalue weighted by molar-refractivity contribution is 7.09. The molecule has 0 fully saturated rings. The second kappa shape index (κ2) is 9.22. The van der Waals surface area contributed by atoms with Gasteiger partial charge in [-0.3, -0.25) is 13.9 Å². The first-order valence-electron chi connectivity index (χ1n) is 10.1. The summed E-state index contributed by atoms with van der Waals surface area (Å²) in [5.74, 6) is 0.760. The Kier molecular flexibility index (Phi) is 6.23. The van der Waals surface area contributed by atoms with Gasteiger partial charge in [-0.1, -0.05) is 36.4 Å². The molecule has 0 atom stereocenters. The van der Waals surface area contributed by atoms with Crippen molar-refractivity contribution in [1.82, 2.24) is 14.0 Å². The highest BCUT2D eigenvalue weighted by Gasteiger charge is 2.18. The van der Waals surface area contributed by atoms with Gasteiger partial charge in [-0.05, 0) is 29.6 Å². The fourth-order valence-electron chi connectivity index (χ4n) is 3.81. The van der Waals surface area contributed by atoms with E-state index in [0.717, 1.165) is 27.2 Å². The second-order valence-electron chi connectivity index (χ2n) is 7.37. The minimum atomic E-state index is -0.108. The van der Waals surface area contributed by atoms with E-state index >= 15 is 0 Å². The largest absolute Gasteiger partial charge is 0.496 e. The van der Waals surface area contributed by atoms with Gasteiger partial charge in [0, 0.05) is 37.0 Å². The summed E-state index contributed by atoms with van der Waals surface area (Å²) in [6.07, 6.45) is 0.244. The molecule has 0 bridgehead atoms. The van der Waals surface area contributed by atoms with Gasteiger partial charge in [0.15, 0.2) is 0 Å². The zero-order valence-electron chi connectivity index (χ0n) is 17.7. The van der Waals surface area contributed by atoms with Gasteiger partial charge >= 0.3 is 5.69 Å². The number of hydrogen-bond donors (Lipinski definition) is 0. The molecule has 0 aliphatic rings. The SMILES string of the molecule is COc1ccccc1CN(Cc1cccs1)C(=O)CCn1c(=O)n(C)c2ccccc21. The number of amides is 1. The zero-order chi connectivity index (χ0) is 21.8. The third kappa shape index (κ3) is 4.41. The summed E-state index contributed by atoms with van der Waals surface area (Å²) in [4.78, 5) is 28.9. The summed E-state index contributed by atoms with van der Waals surface area (Å²) in [6, 6.07) is 19.4. The number of methoxy groups -OCH3 is 1. The van der Waals surface area contributed by atoms with Crippen LogP contribution in [0.4, 0.5) is 0 Å². The third-order valence-electron chi connectivity index (χ3n) is 5.43. The van der Waals surface area contributed by atoms with Crippen molar-refractivity contribution in [3.63, 3.8) is 0 Å². The lowest BCUT2D eigenvalue weighted by atomic mass is 10.1. The smallest absolute Gasteiger partial charge is 0.328 e. The van der Waals surface area contributed by atoms with Crippen LogP contribution in [-0.4, -0.2) is 27.1 Å². The van der Waals surface area contributed by atoms with Gasteiger partial charge < -0.3 is 9.64 Å². The molecule has 0 saturated heterocycles. The van der Waals surface area contributed by atoms with Crippen LogP contribution in [0.5, 0.6) is 5.75 Å². The average molecular weight is 436 g/mol. The van der Waals surface area contributed by atoms with E-state index in [2.05, 4.69) is 0 Å². The minimum absolute atomic E-state index is 0.000796. The van der Waals surface area contributed by atoms with E-state index < -0.39 is 0 Å². The normalized spacial score (nSPS) is 11.0. The Morgan fingerprint density at radius 2 is 1.74 bits per heavy atom. The van der Waals surface area contributed by atoms with Crippen molar-refractivity contribution in [2.24, 2.45) is 7.05 Å². The van der Waals surface area contributed by atoms with E-state index in [4.69, 9.17) is 4.74 Å². The molecular formula is C24H25N3O3S. The number of aromatic nitrogens is 2. The molecule has 0 radical (unpaired) electrons. The van der Waals surface area contributed by atoms with E-state index in [1.54, 1.807) is 34.6 Å². The molecule has 2 aromatic carbocycles. The maximum absolute atomic E-state index is 13.3. The second-order valence-corrected chi connectivity index (χ2v) is 8.41. The average Bonchev–Trinajstić information content (AvgIpc) is 3.39. The molecular weight excluding hydrogens is 410 g/mol. The number of imidazole rings is 1. The van der Waals surface area contributed by atoms with Crippen molar-refractivity contribution < 1.29 is 9.53 Å². The lowest BCUT2D eigenvalue weighted by Crippen LogP contribution is -2.32. The van der Waals surface area contributed by atoms with Crippen molar-refractivity contribution in [3.05, 3.63) is 87.0 Å². The molecule has 4 aromatic rings. The number of hydrogen-bond acceptors (Lipinski definition) is 4. The Morgan fingerprint density at radius 3 is 2.48 bits per heavy atom. The molecule has 6 nitrogen and oxygen atoms in total. The predicted molar refractivity (Wildman–Crippen MR) is 123 cm³/mol. The molecule has 0 aliphatic carbocycles. The van der Waals surface area contributed by atoms with Crippen LogP contribution in [0, 0.1) is 0 Å². The van der Waals surface area contributed by atoms with Crippen molar-refractivity contribution in [2.45, 2.75) is 26.1 Å². The number of para-hydroxylation sites is 3. The van der Waals surface area contributed by atoms with Gasteiger partial charge in [0.2, 0.25) is 5.91 Å². The fraction of sp³-hybridized carbons (Fsp3) is 0.250. The van der Waals surface area contributed by atoms with Crippen molar-refractivity contribution in [2.75, 3.05) is 7.11 Å². The molecule has 0 unspecified atom stereocenters. The molecule has 2 aromatic heterocycles. The summed E-state index contributed by atoms with van der Waals surface area (Å²) < 4.78 is 8.78. The number of ether oxygens (including phenoxy) is 1. The molecule has 31 heavy (non-hydrogen) atoms. The molecule has 0 aliphatic heterocycles. The van der Waals surface area contributed by atoms with Crippen LogP contribution in [-0.2, 0) is 31.5 Å². The molecule has 0 spiro atoms. The third-order valence-corrected chi connectivity index (χ3v) is 6.30. The number of rotatable bonds is 8. The molecule has 0 N–H and O–H groups in total. The number of fused-ring (bicyclic) bond motifs is 1. The molecule has 2 heterocycles.